The SMILES string of the molecule is CC(=O)N1c2nc(-c3ccccc3)cn2N(C(C)=O)C1c1ccccc1. The molecule has 2 aromatic carbocycles. The lowest BCUT2D eigenvalue weighted by molar-refractivity contribution is -0.118. The predicted molar refractivity (Wildman–Crippen MR) is 98.9 cm³/mol. The summed E-state index contributed by atoms with van der Waals surface area (Å²) in [4.78, 5) is 31.1. The number of fused-ring (bicyclic) bond motifs is 1. The number of carbonyl (C=O) groups excluding carboxylic acids is 2. The fourth-order valence-electron chi connectivity index (χ4n) is 3.32. The Kier molecular flexibility index (Phi) is 3.80. The molecule has 0 fully saturated rings. The van der Waals surface area contributed by atoms with Crippen LogP contribution in [0.2, 0.25) is 0 Å². The minimum absolute atomic E-state index is 0.166. The summed E-state index contributed by atoms with van der Waals surface area (Å²) in [7, 11) is 0. The Bertz CT molecular complexity index is 926. The fourth-order valence-corrected chi connectivity index (χ4v) is 3.32. The van der Waals surface area contributed by atoms with Gasteiger partial charge in [0.1, 0.15) is 0 Å². The Morgan fingerprint density at radius 1 is 0.885 bits per heavy atom. The van der Waals surface area contributed by atoms with Crippen LogP contribution in [-0.2, 0) is 9.59 Å². The molecular weight excluding hydrogens is 328 g/mol. The average molecular weight is 346 g/mol. The topological polar surface area (TPSA) is 58.4 Å². The predicted octanol–water partition coefficient (Wildman–Crippen LogP) is 3.10. The Hall–Kier alpha value is -3.41. The first-order chi connectivity index (χ1) is 12.6. The van der Waals surface area contributed by atoms with E-state index in [0.29, 0.717) is 11.6 Å². The van der Waals surface area contributed by atoms with Crippen LogP contribution >= 0.6 is 0 Å². The summed E-state index contributed by atoms with van der Waals surface area (Å²) in [6, 6.07) is 19.2. The van der Waals surface area contributed by atoms with Gasteiger partial charge in [-0.05, 0) is 5.56 Å². The van der Waals surface area contributed by atoms with E-state index < -0.39 is 6.17 Å². The van der Waals surface area contributed by atoms with Gasteiger partial charge in [0.2, 0.25) is 17.8 Å². The van der Waals surface area contributed by atoms with E-state index in [2.05, 4.69) is 4.98 Å². The zero-order valence-corrected chi connectivity index (χ0v) is 14.5. The van der Waals surface area contributed by atoms with E-state index in [1.807, 2.05) is 60.7 Å². The van der Waals surface area contributed by atoms with Crippen LogP contribution in [0.25, 0.3) is 11.3 Å². The van der Waals surface area contributed by atoms with Gasteiger partial charge >= 0.3 is 0 Å². The van der Waals surface area contributed by atoms with Gasteiger partial charge in [0.05, 0.1) is 11.9 Å². The zero-order valence-electron chi connectivity index (χ0n) is 14.5. The number of imidazole rings is 1. The van der Waals surface area contributed by atoms with E-state index in [0.717, 1.165) is 11.1 Å². The molecule has 1 aliphatic heterocycles. The normalized spacial score (nSPS) is 15.8. The number of anilines is 1. The molecule has 0 saturated heterocycles. The van der Waals surface area contributed by atoms with Crippen LogP contribution in [0.4, 0.5) is 5.95 Å². The van der Waals surface area contributed by atoms with Gasteiger partial charge in [0.25, 0.3) is 0 Å². The average Bonchev–Trinajstić information content (AvgIpc) is 3.19. The van der Waals surface area contributed by atoms with E-state index in [-0.39, 0.29) is 11.8 Å². The number of hydrogen-bond acceptors (Lipinski definition) is 3. The van der Waals surface area contributed by atoms with Crippen LogP contribution in [0, 0.1) is 0 Å². The summed E-state index contributed by atoms with van der Waals surface area (Å²) >= 11 is 0. The zero-order chi connectivity index (χ0) is 18.3. The molecule has 6 heteroatoms. The molecule has 3 aromatic rings. The molecule has 4 rings (SSSR count). The van der Waals surface area contributed by atoms with E-state index in [1.165, 1.54) is 13.8 Å². The second-order valence-electron chi connectivity index (χ2n) is 6.17. The lowest BCUT2D eigenvalue weighted by Gasteiger charge is -2.28. The highest BCUT2D eigenvalue weighted by Gasteiger charge is 2.43. The van der Waals surface area contributed by atoms with Crippen molar-refractivity contribution in [1.29, 1.82) is 0 Å². The van der Waals surface area contributed by atoms with Crippen LogP contribution < -0.4 is 9.91 Å². The molecule has 0 radical (unpaired) electrons. The second kappa shape index (κ2) is 6.15. The summed E-state index contributed by atoms with van der Waals surface area (Å²) in [5.74, 6) is 0.107. The van der Waals surface area contributed by atoms with Crippen LogP contribution in [0.1, 0.15) is 25.6 Å². The summed E-state index contributed by atoms with van der Waals surface area (Å²) in [6.45, 7) is 2.98. The van der Waals surface area contributed by atoms with Crippen LogP contribution in [0.5, 0.6) is 0 Å². The highest BCUT2D eigenvalue weighted by Crippen LogP contribution is 2.38. The molecule has 0 N–H and O–H groups in total. The minimum atomic E-state index is -0.543. The largest absolute Gasteiger partial charge is 0.275 e. The van der Waals surface area contributed by atoms with Gasteiger partial charge < -0.3 is 0 Å². The monoisotopic (exact) mass is 346 g/mol. The number of benzene rings is 2. The first kappa shape index (κ1) is 16.1. The molecular formula is C20H18N4O2. The summed E-state index contributed by atoms with van der Waals surface area (Å²) in [5.41, 5.74) is 2.49. The molecule has 0 spiro atoms. The third-order valence-corrected chi connectivity index (χ3v) is 4.42. The van der Waals surface area contributed by atoms with Crippen molar-refractivity contribution in [2.45, 2.75) is 20.0 Å². The molecule has 130 valence electrons. The van der Waals surface area contributed by atoms with Crippen molar-refractivity contribution < 1.29 is 9.59 Å². The van der Waals surface area contributed by atoms with Crippen molar-refractivity contribution in [3.8, 4) is 11.3 Å². The quantitative estimate of drug-likeness (QED) is 0.716. The van der Waals surface area contributed by atoms with E-state index in [1.54, 1.807) is 20.8 Å². The highest BCUT2D eigenvalue weighted by atomic mass is 16.2. The molecule has 0 aliphatic carbocycles. The van der Waals surface area contributed by atoms with Crippen molar-refractivity contribution >= 4 is 17.8 Å². The molecule has 2 amide bonds. The maximum Gasteiger partial charge on any atom is 0.240 e. The molecule has 0 saturated carbocycles. The van der Waals surface area contributed by atoms with Crippen LogP contribution in [0.3, 0.4) is 0 Å². The van der Waals surface area contributed by atoms with Gasteiger partial charge in [-0.2, -0.15) is 0 Å². The number of carbonyl (C=O) groups is 2. The van der Waals surface area contributed by atoms with Crippen LogP contribution in [-0.4, -0.2) is 21.5 Å². The van der Waals surface area contributed by atoms with Crippen LogP contribution in [0.15, 0.2) is 66.9 Å². The van der Waals surface area contributed by atoms with Gasteiger partial charge in [-0.1, -0.05) is 60.7 Å². The van der Waals surface area contributed by atoms with E-state index in [4.69, 9.17) is 0 Å². The molecule has 0 bridgehead atoms. The number of nitrogens with zero attached hydrogens (tertiary/aromatic N) is 4. The maximum absolute atomic E-state index is 12.4. The Balaban J connectivity index is 1.87. The maximum atomic E-state index is 12.4. The first-order valence-electron chi connectivity index (χ1n) is 8.37. The van der Waals surface area contributed by atoms with Crippen molar-refractivity contribution in [3.63, 3.8) is 0 Å². The van der Waals surface area contributed by atoms with Crippen molar-refractivity contribution in [2.24, 2.45) is 0 Å². The van der Waals surface area contributed by atoms with Gasteiger partial charge in [-0.3, -0.25) is 14.5 Å². The van der Waals surface area contributed by atoms with Gasteiger partial charge in [0, 0.05) is 19.4 Å². The molecule has 1 aliphatic rings. The third-order valence-electron chi connectivity index (χ3n) is 4.42. The number of rotatable bonds is 2. The molecule has 26 heavy (non-hydrogen) atoms. The Morgan fingerprint density at radius 2 is 1.50 bits per heavy atom. The molecule has 1 atom stereocenters. The number of aromatic nitrogens is 2. The van der Waals surface area contributed by atoms with E-state index in [9.17, 15) is 9.59 Å². The summed E-state index contributed by atoms with van der Waals surface area (Å²) in [5, 5.41) is 1.56. The fraction of sp³-hybridized carbons (Fsp3) is 0.150. The number of amides is 2. The molecule has 1 unspecified atom stereocenters. The van der Waals surface area contributed by atoms with Gasteiger partial charge in [-0.15, -0.1) is 0 Å². The lowest BCUT2D eigenvalue weighted by Crippen LogP contribution is -2.43. The van der Waals surface area contributed by atoms with Crippen molar-refractivity contribution in [1.82, 2.24) is 9.66 Å². The molecule has 2 heterocycles. The van der Waals surface area contributed by atoms with Crippen molar-refractivity contribution in [3.05, 3.63) is 72.4 Å². The van der Waals surface area contributed by atoms with Gasteiger partial charge in [0.15, 0.2) is 6.17 Å². The highest BCUT2D eigenvalue weighted by molar-refractivity contribution is 5.97. The lowest BCUT2D eigenvalue weighted by atomic mass is 10.1. The smallest absolute Gasteiger partial charge is 0.240 e. The summed E-state index contributed by atoms with van der Waals surface area (Å²) < 4.78 is 1.67. The standard InChI is InChI=1S/C20H18N4O2/c1-14(25)23-19(17-11-7-4-8-12-17)24(15(2)26)22-13-18(21-20(22)23)16-9-5-3-6-10-16/h3-13,19H,1-2H3. The number of hydrogen-bond donors (Lipinski definition) is 0. The van der Waals surface area contributed by atoms with E-state index >= 15 is 0 Å². The van der Waals surface area contributed by atoms with Gasteiger partial charge in [-0.25, -0.2) is 14.7 Å². The summed E-state index contributed by atoms with van der Waals surface area (Å²) in [6.07, 6.45) is 1.25. The Labute approximate surface area is 151 Å². The minimum Gasteiger partial charge on any atom is -0.275 e. The first-order valence-corrected chi connectivity index (χ1v) is 8.37. The Morgan fingerprint density at radius 3 is 2.08 bits per heavy atom. The molecule has 1 aromatic heterocycles. The van der Waals surface area contributed by atoms with Crippen molar-refractivity contribution in [2.75, 3.05) is 9.91 Å². The third kappa shape index (κ3) is 2.47. The molecule has 6 nitrogen and oxygen atoms in total. The second-order valence-corrected chi connectivity index (χ2v) is 6.17.